The molecule has 0 radical (unpaired) electrons. The molecule has 0 atom stereocenters. The predicted molar refractivity (Wildman–Crippen MR) is 47.6 cm³/mol. The normalized spacial score (nSPS) is 9.92. The number of nitrogens with two attached hydrogens (primary N) is 1. The highest BCUT2D eigenvalue weighted by atomic mass is 35.5. The predicted octanol–water partition coefficient (Wildman–Crippen LogP) is 1.53. The molecule has 0 unspecified atom stereocenters. The minimum atomic E-state index is -0.307. The van der Waals surface area contributed by atoms with Crippen molar-refractivity contribution in [2.75, 3.05) is 6.54 Å². The van der Waals surface area contributed by atoms with Crippen LogP contribution in [0.25, 0.3) is 0 Å². The molecule has 0 aliphatic heterocycles. The van der Waals surface area contributed by atoms with Crippen molar-refractivity contribution in [1.82, 2.24) is 4.98 Å². The molecule has 1 aromatic heterocycles. The zero-order valence-electron chi connectivity index (χ0n) is 6.05. The largest absolute Gasteiger partial charge is 0.324 e. The van der Waals surface area contributed by atoms with Crippen LogP contribution in [0.1, 0.15) is 10.4 Å². The lowest BCUT2D eigenvalue weighted by Gasteiger charge is -2.01. The van der Waals surface area contributed by atoms with Gasteiger partial charge in [-0.3, -0.25) is 4.79 Å². The first-order valence-electron chi connectivity index (χ1n) is 3.20. The lowest BCUT2D eigenvalue weighted by atomic mass is 10.2. The fourth-order valence-electron chi connectivity index (χ4n) is 0.765. The van der Waals surface area contributed by atoms with Gasteiger partial charge in [-0.15, -0.1) is 0 Å². The second kappa shape index (κ2) is 3.85. The lowest BCUT2D eigenvalue weighted by molar-refractivity contribution is 0.100. The zero-order valence-corrected chi connectivity index (χ0v) is 7.56. The van der Waals surface area contributed by atoms with Crippen molar-refractivity contribution in [1.29, 1.82) is 0 Å². The molecule has 3 nitrogen and oxygen atoms in total. The summed E-state index contributed by atoms with van der Waals surface area (Å²) in [4.78, 5) is 14.8. The van der Waals surface area contributed by atoms with Crippen LogP contribution in [0, 0.1) is 0 Å². The molecule has 5 heteroatoms. The monoisotopic (exact) mass is 204 g/mol. The van der Waals surface area contributed by atoms with Gasteiger partial charge in [0.15, 0.2) is 5.78 Å². The van der Waals surface area contributed by atoms with Crippen LogP contribution in [0.5, 0.6) is 0 Å². The summed E-state index contributed by atoms with van der Waals surface area (Å²) in [7, 11) is 0. The maximum Gasteiger partial charge on any atom is 0.180 e. The number of Topliss-reactive ketones (excluding diaryl/α,β-unsaturated/α-hetero) is 1. The van der Waals surface area contributed by atoms with Gasteiger partial charge in [-0.2, -0.15) is 0 Å². The van der Waals surface area contributed by atoms with E-state index >= 15 is 0 Å². The van der Waals surface area contributed by atoms with Crippen molar-refractivity contribution in [2.24, 2.45) is 5.73 Å². The number of carbonyl (C=O) groups excluding carboxylic acids is 1. The van der Waals surface area contributed by atoms with Crippen molar-refractivity contribution in [3.8, 4) is 0 Å². The second-order valence-electron chi connectivity index (χ2n) is 2.09. The number of ketones is 1. The Kier molecular flexibility index (Phi) is 3.03. The Morgan fingerprint density at radius 3 is 2.75 bits per heavy atom. The highest BCUT2D eigenvalue weighted by molar-refractivity contribution is 6.39. The quantitative estimate of drug-likeness (QED) is 0.588. The van der Waals surface area contributed by atoms with Gasteiger partial charge in [-0.25, -0.2) is 4.98 Å². The van der Waals surface area contributed by atoms with Crippen LogP contribution in [-0.2, 0) is 0 Å². The van der Waals surface area contributed by atoms with Crippen LogP contribution in [0.2, 0.25) is 10.2 Å². The number of hydrogen-bond donors (Lipinski definition) is 1. The van der Waals surface area contributed by atoms with E-state index in [2.05, 4.69) is 4.98 Å². The van der Waals surface area contributed by atoms with Gasteiger partial charge in [0.2, 0.25) is 0 Å². The Bertz CT molecular complexity index is 294. The first-order chi connectivity index (χ1) is 5.66. The molecule has 0 aromatic carbocycles. The van der Waals surface area contributed by atoms with Gasteiger partial charge in [-0.05, 0) is 6.07 Å². The van der Waals surface area contributed by atoms with E-state index in [-0.39, 0.29) is 28.1 Å². The van der Waals surface area contributed by atoms with E-state index in [1.807, 2.05) is 0 Å². The minimum absolute atomic E-state index is 0.0953. The Hall–Kier alpha value is -0.640. The third-order valence-corrected chi connectivity index (χ3v) is 1.92. The molecule has 12 heavy (non-hydrogen) atoms. The molecule has 0 fully saturated rings. The van der Waals surface area contributed by atoms with Crippen LogP contribution in [0.4, 0.5) is 0 Å². The van der Waals surface area contributed by atoms with Crippen LogP contribution in [-0.4, -0.2) is 17.3 Å². The second-order valence-corrected chi connectivity index (χ2v) is 2.85. The Morgan fingerprint density at radius 1 is 1.58 bits per heavy atom. The van der Waals surface area contributed by atoms with Gasteiger partial charge in [0.05, 0.1) is 17.1 Å². The summed E-state index contributed by atoms with van der Waals surface area (Å²) in [6.07, 6.45) is 1.43. The van der Waals surface area contributed by atoms with E-state index in [0.29, 0.717) is 0 Å². The molecule has 1 heterocycles. The summed E-state index contributed by atoms with van der Waals surface area (Å²) in [6.45, 7) is -0.120. The highest BCUT2D eigenvalue weighted by Gasteiger charge is 2.13. The summed E-state index contributed by atoms with van der Waals surface area (Å²) in [5, 5.41) is 0.378. The molecule has 0 bridgehead atoms. The van der Waals surface area contributed by atoms with Gasteiger partial charge in [-0.1, -0.05) is 23.2 Å². The van der Waals surface area contributed by atoms with E-state index in [9.17, 15) is 4.79 Å². The summed E-state index contributed by atoms with van der Waals surface area (Å²) in [5.74, 6) is -0.307. The third-order valence-electron chi connectivity index (χ3n) is 1.32. The number of hydrogen-bond acceptors (Lipinski definition) is 3. The van der Waals surface area contributed by atoms with Crippen molar-refractivity contribution in [3.05, 3.63) is 28.0 Å². The molecule has 0 aliphatic carbocycles. The smallest absolute Gasteiger partial charge is 0.180 e. The van der Waals surface area contributed by atoms with Gasteiger partial charge >= 0.3 is 0 Å². The van der Waals surface area contributed by atoms with E-state index in [1.165, 1.54) is 12.3 Å². The highest BCUT2D eigenvalue weighted by Crippen LogP contribution is 2.21. The van der Waals surface area contributed by atoms with Crippen molar-refractivity contribution in [2.45, 2.75) is 0 Å². The molecular formula is C7H6Cl2N2O. The molecule has 0 aliphatic rings. The van der Waals surface area contributed by atoms with Crippen molar-refractivity contribution >= 4 is 29.0 Å². The number of aromatic nitrogens is 1. The summed E-state index contributed by atoms with van der Waals surface area (Å²) in [5.41, 5.74) is 5.34. The molecule has 0 spiro atoms. The van der Waals surface area contributed by atoms with Crippen LogP contribution in [0.15, 0.2) is 12.3 Å². The Morgan fingerprint density at radius 2 is 2.25 bits per heavy atom. The van der Waals surface area contributed by atoms with Crippen LogP contribution < -0.4 is 5.73 Å². The fourth-order valence-corrected chi connectivity index (χ4v) is 1.33. The maximum absolute atomic E-state index is 11.1. The lowest BCUT2D eigenvalue weighted by Crippen LogP contribution is -2.14. The van der Waals surface area contributed by atoms with Gasteiger partial charge < -0.3 is 5.73 Å². The van der Waals surface area contributed by atoms with Crippen molar-refractivity contribution < 1.29 is 4.79 Å². The average molecular weight is 205 g/mol. The number of nitrogens with zero attached hydrogens (tertiary/aromatic N) is 1. The third kappa shape index (κ3) is 1.75. The summed E-state index contributed by atoms with van der Waals surface area (Å²) < 4.78 is 0. The zero-order chi connectivity index (χ0) is 9.14. The van der Waals surface area contributed by atoms with Gasteiger partial charge in [0.25, 0.3) is 0 Å². The Balaban J connectivity index is 3.21. The first kappa shape index (κ1) is 9.45. The number of pyridine rings is 1. The van der Waals surface area contributed by atoms with E-state index < -0.39 is 0 Å². The molecule has 0 amide bonds. The molecule has 1 rings (SSSR count). The van der Waals surface area contributed by atoms with Gasteiger partial charge in [0, 0.05) is 6.20 Å². The number of carbonyl (C=O) groups is 1. The fraction of sp³-hybridized carbons (Fsp3) is 0.143. The molecule has 1 aromatic rings. The standard InChI is InChI=1S/C7H6Cl2N2O/c8-4-1-2-11-7(9)6(4)5(12)3-10/h1-2H,3,10H2. The maximum atomic E-state index is 11.1. The van der Waals surface area contributed by atoms with E-state index in [0.717, 1.165) is 0 Å². The molecule has 2 N–H and O–H groups in total. The molecule has 0 saturated carbocycles. The summed E-state index contributed by atoms with van der Waals surface area (Å²) in [6, 6.07) is 1.50. The SMILES string of the molecule is NCC(=O)c1c(Cl)ccnc1Cl. The van der Waals surface area contributed by atoms with Crippen LogP contribution >= 0.6 is 23.2 Å². The number of halogens is 2. The van der Waals surface area contributed by atoms with Gasteiger partial charge in [0.1, 0.15) is 5.15 Å². The van der Waals surface area contributed by atoms with Crippen LogP contribution in [0.3, 0.4) is 0 Å². The Labute approximate surface area is 79.5 Å². The van der Waals surface area contributed by atoms with Crippen molar-refractivity contribution in [3.63, 3.8) is 0 Å². The number of rotatable bonds is 2. The summed E-state index contributed by atoms with van der Waals surface area (Å²) >= 11 is 11.3. The molecule has 64 valence electrons. The minimum Gasteiger partial charge on any atom is -0.324 e. The first-order valence-corrected chi connectivity index (χ1v) is 3.95. The molecule has 0 saturated heterocycles. The van der Waals surface area contributed by atoms with E-state index in [1.54, 1.807) is 0 Å². The average Bonchev–Trinajstić information content (AvgIpc) is 2.03. The van der Waals surface area contributed by atoms with E-state index in [4.69, 9.17) is 28.9 Å². The topological polar surface area (TPSA) is 56.0 Å². The molecular weight excluding hydrogens is 199 g/mol.